The normalized spacial score (nSPS) is 28.3. The van der Waals surface area contributed by atoms with E-state index in [0.717, 1.165) is 19.5 Å². The summed E-state index contributed by atoms with van der Waals surface area (Å²) in [5, 5.41) is 21.3. The van der Waals surface area contributed by atoms with Gasteiger partial charge in [-0.05, 0) is 37.1 Å². The highest BCUT2D eigenvalue weighted by Crippen LogP contribution is 2.24. The van der Waals surface area contributed by atoms with Crippen molar-refractivity contribution >= 4 is 5.91 Å². The van der Waals surface area contributed by atoms with Crippen LogP contribution in [0, 0.1) is 0 Å². The highest BCUT2D eigenvalue weighted by molar-refractivity contribution is 5.94. The van der Waals surface area contributed by atoms with Crippen LogP contribution in [0.25, 0.3) is 0 Å². The van der Waals surface area contributed by atoms with Crippen molar-refractivity contribution in [1.29, 1.82) is 0 Å². The molecule has 2 saturated heterocycles. The number of hydrogen-bond acceptors (Lipinski definition) is 5. The molecule has 1 aromatic carbocycles. The Bertz CT molecular complexity index is 519. The van der Waals surface area contributed by atoms with E-state index in [9.17, 15) is 9.90 Å². The molecule has 1 aromatic rings. The minimum absolute atomic E-state index is 0.0906. The number of nitrogens with one attached hydrogen (secondary N) is 1. The molecular formula is C16H22N2O4. The van der Waals surface area contributed by atoms with Crippen LogP contribution in [0.3, 0.4) is 0 Å². The number of hydrogen-bond donors (Lipinski definition) is 3. The van der Waals surface area contributed by atoms with Gasteiger partial charge in [-0.3, -0.25) is 9.69 Å². The maximum absolute atomic E-state index is 12.2. The zero-order valence-corrected chi connectivity index (χ0v) is 12.4. The number of carbonyl (C=O) groups is 1. The van der Waals surface area contributed by atoms with E-state index in [1.54, 1.807) is 12.1 Å². The van der Waals surface area contributed by atoms with Crippen LogP contribution < -0.4 is 5.32 Å². The number of phenolic OH excluding ortho intramolecular Hbond substituents is 1. The maximum Gasteiger partial charge on any atom is 0.251 e. The first-order chi connectivity index (χ1) is 10.7. The second kappa shape index (κ2) is 6.64. The molecule has 6 heteroatoms. The third-order valence-corrected chi connectivity index (χ3v) is 4.41. The van der Waals surface area contributed by atoms with Crippen LogP contribution in [0.4, 0.5) is 0 Å². The summed E-state index contributed by atoms with van der Waals surface area (Å²) in [4.78, 5) is 14.5. The van der Waals surface area contributed by atoms with Gasteiger partial charge in [-0.2, -0.15) is 0 Å². The molecule has 6 nitrogen and oxygen atoms in total. The van der Waals surface area contributed by atoms with Gasteiger partial charge in [0.1, 0.15) is 5.75 Å². The highest BCUT2D eigenvalue weighted by Gasteiger charge is 2.37. The number of nitrogens with zero attached hydrogens (tertiary/aromatic N) is 1. The van der Waals surface area contributed by atoms with Gasteiger partial charge < -0.3 is 20.3 Å². The number of benzene rings is 1. The molecule has 0 saturated carbocycles. The van der Waals surface area contributed by atoms with Crippen molar-refractivity contribution in [2.75, 3.05) is 26.3 Å². The third kappa shape index (κ3) is 3.40. The SMILES string of the molecule is O=C(N[C@H]1C[C@H]2CO[C@@H](CCO)CN2C1)c1ccc(O)cc1. The zero-order chi connectivity index (χ0) is 15.5. The molecule has 0 bridgehead atoms. The number of aliphatic hydroxyl groups is 1. The maximum atomic E-state index is 12.2. The van der Waals surface area contributed by atoms with Gasteiger partial charge in [0, 0.05) is 37.3 Å². The van der Waals surface area contributed by atoms with Gasteiger partial charge in [0.25, 0.3) is 5.91 Å². The predicted molar refractivity (Wildman–Crippen MR) is 80.8 cm³/mol. The Morgan fingerprint density at radius 1 is 1.32 bits per heavy atom. The summed E-state index contributed by atoms with van der Waals surface area (Å²) in [6.07, 6.45) is 1.64. The second-order valence-electron chi connectivity index (χ2n) is 6.03. The van der Waals surface area contributed by atoms with Crippen molar-refractivity contribution in [3.8, 4) is 5.75 Å². The lowest BCUT2D eigenvalue weighted by molar-refractivity contribution is -0.0566. The summed E-state index contributed by atoms with van der Waals surface area (Å²) in [6.45, 7) is 2.44. The number of carbonyl (C=O) groups excluding carboxylic acids is 1. The van der Waals surface area contributed by atoms with Crippen molar-refractivity contribution in [3.05, 3.63) is 29.8 Å². The first kappa shape index (κ1) is 15.3. The molecule has 2 aliphatic rings. The topological polar surface area (TPSA) is 82.0 Å². The largest absolute Gasteiger partial charge is 0.508 e. The van der Waals surface area contributed by atoms with E-state index in [4.69, 9.17) is 9.84 Å². The Morgan fingerprint density at radius 2 is 2.09 bits per heavy atom. The van der Waals surface area contributed by atoms with E-state index in [0.29, 0.717) is 24.6 Å². The molecule has 3 atom stereocenters. The number of fused-ring (bicyclic) bond motifs is 1. The van der Waals surface area contributed by atoms with Gasteiger partial charge in [0.2, 0.25) is 0 Å². The molecule has 120 valence electrons. The molecule has 0 radical (unpaired) electrons. The molecule has 3 N–H and O–H groups in total. The van der Waals surface area contributed by atoms with Crippen LogP contribution in [0.5, 0.6) is 5.75 Å². The highest BCUT2D eigenvalue weighted by atomic mass is 16.5. The number of phenols is 1. The lowest BCUT2D eigenvalue weighted by atomic mass is 10.1. The second-order valence-corrected chi connectivity index (χ2v) is 6.03. The summed E-state index contributed by atoms with van der Waals surface area (Å²) in [6, 6.07) is 6.73. The van der Waals surface area contributed by atoms with Crippen molar-refractivity contribution in [2.24, 2.45) is 0 Å². The quantitative estimate of drug-likeness (QED) is 0.747. The van der Waals surface area contributed by atoms with Crippen molar-refractivity contribution in [2.45, 2.75) is 31.0 Å². The van der Waals surface area contributed by atoms with Gasteiger partial charge in [0.05, 0.1) is 12.7 Å². The minimum Gasteiger partial charge on any atom is -0.508 e. The fourth-order valence-electron chi connectivity index (χ4n) is 3.25. The minimum atomic E-state index is -0.113. The van der Waals surface area contributed by atoms with Crippen molar-refractivity contribution < 1.29 is 19.7 Å². The van der Waals surface area contributed by atoms with Crippen LogP contribution in [0.1, 0.15) is 23.2 Å². The smallest absolute Gasteiger partial charge is 0.251 e. The average molecular weight is 306 g/mol. The molecule has 3 rings (SSSR count). The Labute approximate surface area is 129 Å². The lowest BCUT2D eigenvalue weighted by Crippen LogP contribution is -2.46. The summed E-state index contributed by atoms with van der Waals surface area (Å²) >= 11 is 0. The van der Waals surface area contributed by atoms with Crippen LogP contribution >= 0.6 is 0 Å². The predicted octanol–water partition coefficient (Wildman–Crippen LogP) is 0.346. The Morgan fingerprint density at radius 3 is 2.82 bits per heavy atom. The van der Waals surface area contributed by atoms with E-state index in [1.807, 2.05) is 0 Å². The van der Waals surface area contributed by atoms with E-state index in [-0.39, 0.29) is 30.4 Å². The monoisotopic (exact) mass is 306 g/mol. The summed E-state index contributed by atoms with van der Waals surface area (Å²) in [5.74, 6) is 0.0410. The molecule has 0 aromatic heterocycles. The zero-order valence-electron chi connectivity index (χ0n) is 12.4. The summed E-state index contributed by atoms with van der Waals surface area (Å²) in [7, 11) is 0. The first-order valence-electron chi connectivity index (χ1n) is 7.72. The lowest BCUT2D eigenvalue weighted by Gasteiger charge is -2.34. The standard InChI is InChI=1S/C16H22N2O4/c19-6-5-15-9-18-8-12(7-13(18)10-22-15)17-16(21)11-1-3-14(20)4-2-11/h1-4,12-13,15,19-20H,5-10H2,(H,17,21)/t12-,13-,15-/m0/s1. The van der Waals surface area contributed by atoms with Gasteiger partial charge in [0.15, 0.2) is 0 Å². The molecule has 0 spiro atoms. The molecule has 2 aliphatic heterocycles. The molecule has 2 heterocycles. The summed E-state index contributed by atoms with van der Waals surface area (Å²) < 4.78 is 5.74. The molecule has 0 unspecified atom stereocenters. The first-order valence-corrected chi connectivity index (χ1v) is 7.72. The molecule has 2 fully saturated rings. The van der Waals surface area contributed by atoms with E-state index in [2.05, 4.69) is 10.2 Å². The van der Waals surface area contributed by atoms with Gasteiger partial charge in [-0.15, -0.1) is 0 Å². The van der Waals surface area contributed by atoms with E-state index >= 15 is 0 Å². The Balaban J connectivity index is 1.54. The van der Waals surface area contributed by atoms with Crippen LogP contribution in [0.2, 0.25) is 0 Å². The number of aliphatic hydroxyl groups excluding tert-OH is 1. The number of aromatic hydroxyl groups is 1. The molecular weight excluding hydrogens is 284 g/mol. The number of amides is 1. The fraction of sp³-hybridized carbons (Fsp3) is 0.562. The third-order valence-electron chi connectivity index (χ3n) is 4.41. The van der Waals surface area contributed by atoms with Crippen LogP contribution in [-0.2, 0) is 4.74 Å². The Kier molecular flexibility index (Phi) is 4.61. The Hall–Kier alpha value is -1.63. The van der Waals surface area contributed by atoms with Crippen molar-refractivity contribution in [1.82, 2.24) is 10.2 Å². The van der Waals surface area contributed by atoms with Gasteiger partial charge >= 0.3 is 0 Å². The number of morpholine rings is 1. The summed E-state index contributed by atoms with van der Waals surface area (Å²) in [5.41, 5.74) is 0.553. The number of rotatable bonds is 4. The molecule has 22 heavy (non-hydrogen) atoms. The van der Waals surface area contributed by atoms with Gasteiger partial charge in [-0.25, -0.2) is 0 Å². The molecule has 0 aliphatic carbocycles. The number of ether oxygens (including phenoxy) is 1. The van der Waals surface area contributed by atoms with E-state index < -0.39 is 0 Å². The van der Waals surface area contributed by atoms with E-state index in [1.165, 1.54) is 12.1 Å². The molecule has 1 amide bonds. The average Bonchev–Trinajstić information content (AvgIpc) is 2.89. The van der Waals surface area contributed by atoms with Crippen LogP contribution in [-0.4, -0.2) is 65.5 Å². The fourth-order valence-corrected chi connectivity index (χ4v) is 3.25. The van der Waals surface area contributed by atoms with Crippen molar-refractivity contribution in [3.63, 3.8) is 0 Å². The van der Waals surface area contributed by atoms with Crippen LogP contribution in [0.15, 0.2) is 24.3 Å². The van der Waals surface area contributed by atoms with Gasteiger partial charge in [-0.1, -0.05) is 0 Å².